The third-order valence-corrected chi connectivity index (χ3v) is 7.30. The first-order valence-electron chi connectivity index (χ1n) is 12.6. The Kier molecular flexibility index (Phi) is 7.23. The van der Waals surface area contributed by atoms with Gasteiger partial charge >= 0.3 is 18.4 Å². The molecule has 40 heavy (non-hydrogen) atoms. The van der Waals surface area contributed by atoms with E-state index in [-0.39, 0.29) is 36.8 Å². The number of halogens is 4. The number of nitrogens with one attached hydrogen (secondary N) is 1. The van der Waals surface area contributed by atoms with Crippen molar-refractivity contribution in [1.29, 1.82) is 0 Å². The summed E-state index contributed by atoms with van der Waals surface area (Å²) in [5.74, 6) is -1.91. The van der Waals surface area contributed by atoms with Crippen molar-refractivity contribution in [3.05, 3.63) is 34.4 Å². The highest BCUT2D eigenvalue weighted by Crippen LogP contribution is 2.43. The number of ether oxygens (including phenoxy) is 3. The van der Waals surface area contributed by atoms with Gasteiger partial charge in [0.2, 0.25) is 5.43 Å². The van der Waals surface area contributed by atoms with Crippen molar-refractivity contribution in [2.75, 3.05) is 31.1 Å². The molecule has 2 aliphatic heterocycles. The summed E-state index contributed by atoms with van der Waals surface area (Å²) >= 11 is 0. The molecular formula is C26H31F4N3O7. The molecule has 0 bridgehead atoms. The Hall–Kier alpha value is -3.55. The number of amides is 1. The van der Waals surface area contributed by atoms with Gasteiger partial charge in [0, 0.05) is 25.6 Å². The van der Waals surface area contributed by atoms with Gasteiger partial charge in [0.05, 0.1) is 29.3 Å². The maximum Gasteiger partial charge on any atom is 0.511 e. The highest BCUT2D eigenvalue weighted by atomic mass is 19.4. The van der Waals surface area contributed by atoms with E-state index in [0.29, 0.717) is 23.8 Å². The van der Waals surface area contributed by atoms with Crippen molar-refractivity contribution < 1.29 is 46.5 Å². The van der Waals surface area contributed by atoms with Crippen LogP contribution in [0.2, 0.25) is 0 Å². The van der Waals surface area contributed by atoms with E-state index in [1.807, 2.05) is 0 Å². The van der Waals surface area contributed by atoms with Gasteiger partial charge in [-0.3, -0.25) is 4.79 Å². The molecule has 0 aliphatic carbocycles. The molecule has 1 aromatic heterocycles. The molecule has 2 N–H and O–H groups in total. The lowest BCUT2D eigenvalue weighted by Gasteiger charge is -2.33. The van der Waals surface area contributed by atoms with Crippen LogP contribution in [0.4, 0.5) is 32.8 Å². The zero-order valence-corrected chi connectivity index (χ0v) is 22.6. The second-order valence-electron chi connectivity index (χ2n) is 11.6. The quantitative estimate of drug-likeness (QED) is 0.393. The van der Waals surface area contributed by atoms with Crippen molar-refractivity contribution >= 4 is 28.8 Å². The second kappa shape index (κ2) is 9.82. The topological polar surface area (TPSA) is 119 Å². The molecule has 3 heterocycles. The fraction of sp³-hybridized carbons (Fsp3) is 0.577. The predicted octanol–water partition coefficient (Wildman–Crippen LogP) is 4.61. The molecule has 1 aromatic carbocycles. The predicted molar refractivity (Wildman–Crippen MR) is 135 cm³/mol. The number of pyridine rings is 1. The van der Waals surface area contributed by atoms with Crippen LogP contribution in [-0.2, 0) is 15.0 Å². The van der Waals surface area contributed by atoms with Crippen LogP contribution < -0.4 is 20.4 Å². The van der Waals surface area contributed by atoms with Crippen molar-refractivity contribution in [2.45, 2.75) is 64.0 Å². The van der Waals surface area contributed by atoms with E-state index in [1.165, 1.54) is 0 Å². The van der Waals surface area contributed by atoms with Crippen LogP contribution in [0.3, 0.4) is 0 Å². The number of benzene rings is 1. The number of alkyl carbamates (subject to hydrolysis) is 1. The summed E-state index contributed by atoms with van der Waals surface area (Å²) in [7, 11) is 0. The number of carbonyl (C=O) groups excluding carboxylic acids is 1. The number of fused-ring (bicyclic) bond motifs is 2. The van der Waals surface area contributed by atoms with E-state index >= 15 is 4.39 Å². The number of carboxylic acid groups (broad SMARTS) is 1. The van der Waals surface area contributed by atoms with Gasteiger partial charge in [0.1, 0.15) is 22.6 Å². The third kappa shape index (κ3) is 5.40. The van der Waals surface area contributed by atoms with Crippen molar-refractivity contribution in [1.82, 2.24) is 9.88 Å². The van der Waals surface area contributed by atoms with Crippen LogP contribution in [0, 0.1) is 11.7 Å². The first-order chi connectivity index (χ1) is 18.3. The van der Waals surface area contributed by atoms with Gasteiger partial charge in [-0.05, 0) is 53.2 Å². The molecule has 2 saturated heterocycles. The van der Waals surface area contributed by atoms with E-state index in [0.717, 1.165) is 26.0 Å². The standard InChI is InChI=1S/C26H31F4N3O7/c1-23(2,3)40-21(35)31-12-25-13-32(10-14(25)6-7-38-25)18-9-17-15(8-16(18)27)20(34)19(39-22(36)37)11-33(17)24(4,5)26(28,29)30/h8-9,11,14H,6-7,10,12-13H2,1-5H3,(H,31,35)(H,36,37). The zero-order valence-electron chi connectivity index (χ0n) is 22.6. The summed E-state index contributed by atoms with van der Waals surface area (Å²) in [6.07, 6.45) is -6.10. The number of alkyl halides is 3. The molecule has 2 fully saturated rings. The van der Waals surface area contributed by atoms with Crippen LogP contribution in [-0.4, -0.2) is 65.5 Å². The molecule has 2 atom stereocenters. The molecule has 0 spiro atoms. The maximum atomic E-state index is 15.5. The Morgan fingerprint density at radius 3 is 2.48 bits per heavy atom. The average molecular weight is 574 g/mol. The maximum absolute atomic E-state index is 15.5. The van der Waals surface area contributed by atoms with Crippen molar-refractivity contribution in [2.24, 2.45) is 5.92 Å². The van der Waals surface area contributed by atoms with Crippen LogP contribution in [0.15, 0.2) is 23.1 Å². The molecule has 0 radical (unpaired) electrons. The average Bonchev–Trinajstić information content (AvgIpc) is 3.35. The highest BCUT2D eigenvalue weighted by Gasteiger charge is 2.52. The highest BCUT2D eigenvalue weighted by molar-refractivity contribution is 5.85. The van der Waals surface area contributed by atoms with Gasteiger partial charge < -0.3 is 34.1 Å². The van der Waals surface area contributed by atoms with Gasteiger partial charge in [0.15, 0.2) is 5.75 Å². The molecule has 4 rings (SSSR count). The Balaban J connectivity index is 1.76. The molecule has 14 heteroatoms. The lowest BCUT2D eigenvalue weighted by Crippen LogP contribution is -2.49. The summed E-state index contributed by atoms with van der Waals surface area (Å²) in [6.45, 7) is 7.72. The van der Waals surface area contributed by atoms with Crippen molar-refractivity contribution in [3.63, 3.8) is 0 Å². The number of anilines is 1. The summed E-state index contributed by atoms with van der Waals surface area (Å²) < 4.78 is 74.1. The lowest BCUT2D eigenvalue weighted by atomic mass is 9.91. The number of hydrogen-bond donors (Lipinski definition) is 2. The molecule has 10 nitrogen and oxygen atoms in total. The van der Waals surface area contributed by atoms with Crippen LogP contribution in [0.1, 0.15) is 41.0 Å². The van der Waals surface area contributed by atoms with E-state index in [2.05, 4.69) is 10.1 Å². The Labute approximate surface area is 226 Å². The fourth-order valence-corrected chi connectivity index (χ4v) is 5.16. The van der Waals surface area contributed by atoms with Gasteiger partial charge in [-0.1, -0.05) is 0 Å². The van der Waals surface area contributed by atoms with E-state index < -0.39 is 57.5 Å². The van der Waals surface area contributed by atoms with Crippen molar-refractivity contribution in [3.8, 4) is 5.75 Å². The molecular weight excluding hydrogens is 542 g/mol. The molecule has 220 valence electrons. The second-order valence-corrected chi connectivity index (χ2v) is 11.6. The molecule has 0 saturated carbocycles. The minimum absolute atomic E-state index is 0.0693. The van der Waals surface area contributed by atoms with Gasteiger partial charge in [-0.25, -0.2) is 14.0 Å². The smallest absolute Gasteiger partial charge is 0.449 e. The van der Waals surface area contributed by atoms with E-state index in [1.54, 1.807) is 25.7 Å². The van der Waals surface area contributed by atoms with E-state index in [9.17, 15) is 27.6 Å². The number of aromatic nitrogens is 1. The third-order valence-electron chi connectivity index (χ3n) is 7.30. The molecule has 2 aliphatic rings. The van der Waals surface area contributed by atoms with Gasteiger partial charge in [-0.2, -0.15) is 13.2 Å². The lowest BCUT2D eigenvalue weighted by molar-refractivity contribution is -0.201. The number of carbonyl (C=O) groups is 2. The molecule has 2 aromatic rings. The summed E-state index contributed by atoms with van der Waals surface area (Å²) in [6, 6.07) is 1.92. The molecule has 2 unspecified atom stereocenters. The minimum atomic E-state index is -4.83. The normalized spacial score (nSPS) is 21.4. The van der Waals surface area contributed by atoms with Crippen LogP contribution >= 0.6 is 0 Å². The summed E-state index contributed by atoms with van der Waals surface area (Å²) in [5, 5.41) is 11.2. The first kappa shape index (κ1) is 29.4. The fourth-order valence-electron chi connectivity index (χ4n) is 5.16. The minimum Gasteiger partial charge on any atom is -0.449 e. The Morgan fingerprint density at radius 2 is 1.88 bits per heavy atom. The number of hydrogen-bond acceptors (Lipinski definition) is 7. The SMILES string of the molecule is CC(C)(C)OC(=O)NCC12CN(c3cc4c(cc3F)c(=O)c(OC(=O)O)cn4C(C)(C)C(F)(F)F)CC1CCO2. The Bertz CT molecular complexity index is 1400. The Morgan fingerprint density at radius 1 is 1.20 bits per heavy atom. The first-order valence-corrected chi connectivity index (χ1v) is 12.6. The summed E-state index contributed by atoms with van der Waals surface area (Å²) in [4.78, 5) is 37.8. The van der Waals surface area contributed by atoms with Gasteiger partial charge in [-0.15, -0.1) is 0 Å². The van der Waals surface area contributed by atoms with Crippen LogP contribution in [0.25, 0.3) is 10.9 Å². The number of rotatable bonds is 5. The zero-order chi connectivity index (χ0) is 29.8. The van der Waals surface area contributed by atoms with E-state index in [4.69, 9.17) is 14.6 Å². The number of nitrogens with zero attached hydrogens (tertiary/aromatic N) is 2. The molecule has 1 amide bonds. The van der Waals surface area contributed by atoms with Crippen LogP contribution in [0.5, 0.6) is 5.75 Å². The largest absolute Gasteiger partial charge is 0.511 e. The van der Waals surface area contributed by atoms with Gasteiger partial charge in [0.25, 0.3) is 0 Å². The monoisotopic (exact) mass is 573 g/mol. The summed E-state index contributed by atoms with van der Waals surface area (Å²) in [5.41, 5.74) is -5.64.